The number of hydrogen-bond acceptors (Lipinski definition) is 1. The molecule has 0 heterocycles. The van der Waals surface area contributed by atoms with Gasteiger partial charge in [0.25, 0.3) is 0 Å². The Balaban J connectivity index is 1.15. The SMILES string of the molecule is CC(C)(C)c1ccc2c(ccc3cc(N(c4cccc(C5(c6ccccc6)c6ccccc6-c6ccccc65)c4)c4ccc5c(c4)-c4ccccc4C5(C)C)ccc32)c1. The van der Waals surface area contributed by atoms with Crippen LogP contribution in [0.1, 0.15) is 73.6 Å². The van der Waals surface area contributed by atoms with E-state index in [0.717, 1.165) is 17.1 Å². The van der Waals surface area contributed by atoms with Gasteiger partial charge in [0.05, 0.1) is 5.41 Å². The first-order valence-corrected chi connectivity index (χ1v) is 21.0. The molecule has 59 heavy (non-hydrogen) atoms. The number of rotatable bonds is 5. The van der Waals surface area contributed by atoms with Crippen molar-refractivity contribution in [1.29, 1.82) is 0 Å². The normalized spacial score (nSPS) is 14.5. The van der Waals surface area contributed by atoms with Crippen LogP contribution in [0.4, 0.5) is 17.1 Å². The van der Waals surface area contributed by atoms with E-state index in [-0.39, 0.29) is 10.8 Å². The molecule has 0 radical (unpaired) electrons. The summed E-state index contributed by atoms with van der Waals surface area (Å²) in [7, 11) is 0. The molecule has 0 saturated heterocycles. The monoisotopic (exact) mass is 757 g/mol. The van der Waals surface area contributed by atoms with Crippen molar-refractivity contribution < 1.29 is 0 Å². The van der Waals surface area contributed by atoms with Crippen LogP contribution in [0.5, 0.6) is 0 Å². The van der Waals surface area contributed by atoms with Crippen molar-refractivity contribution >= 4 is 38.6 Å². The van der Waals surface area contributed by atoms with Gasteiger partial charge in [-0.25, -0.2) is 0 Å². The largest absolute Gasteiger partial charge is 0.310 e. The minimum Gasteiger partial charge on any atom is -0.310 e. The maximum absolute atomic E-state index is 2.48. The number of anilines is 3. The zero-order valence-electron chi connectivity index (χ0n) is 34.4. The Morgan fingerprint density at radius 3 is 1.56 bits per heavy atom. The average molecular weight is 758 g/mol. The molecule has 2 aliphatic rings. The zero-order chi connectivity index (χ0) is 40.1. The predicted molar refractivity (Wildman–Crippen MR) is 250 cm³/mol. The second-order valence-electron chi connectivity index (χ2n) is 18.2. The Labute approximate surface area is 348 Å². The van der Waals surface area contributed by atoms with Gasteiger partial charge in [-0.2, -0.15) is 0 Å². The molecule has 1 nitrogen and oxygen atoms in total. The summed E-state index contributed by atoms with van der Waals surface area (Å²) < 4.78 is 0. The van der Waals surface area contributed by atoms with Crippen LogP contribution in [-0.2, 0) is 16.2 Å². The van der Waals surface area contributed by atoms with Crippen LogP contribution in [0.3, 0.4) is 0 Å². The fourth-order valence-corrected chi connectivity index (χ4v) is 10.5. The first-order chi connectivity index (χ1) is 28.6. The molecule has 284 valence electrons. The highest BCUT2D eigenvalue weighted by Gasteiger charge is 2.46. The summed E-state index contributed by atoms with van der Waals surface area (Å²) in [5, 5.41) is 5.07. The molecule has 9 aromatic carbocycles. The molecule has 0 bridgehead atoms. The standard InChI is InChI=1S/C58H47N/c1-56(2,3)41-28-31-46-38(34-41)26-27-39-35-44(29-32-47(39)46)59(45-30-33-53-51(37-45)50-22-9-12-23-52(50)57(53,4)5)43-19-15-18-42(36-43)58(40-16-7-6-8-17-40)54-24-13-10-20-48(54)49-21-11-14-25-55(49)58/h6-37H,1-5H3. The molecule has 0 fully saturated rings. The lowest BCUT2D eigenvalue weighted by Gasteiger charge is -2.35. The van der Waals surface area contributed by atoms with Crippen molar-refractivity contribution in [2.45, 2.75) is 50.9 Å². The Kier molecular flexibility index (Phi) is 7.75. The van der Waals surface area contributed by atoms with Gasteiger partial charge >= 0.3 is 0 Å². The summed E-state index contributed by atoms with van der Waals surface area (Å²) in [6.45, 7) is 11.6. The molecule has 0 atom stereocenters. The fraction of sp³-hybridized carbons (Fsp3) is 0.138. The van der Waals surface area contributed by atoms with Crippen LogP contribution in [0.2, 0.25) is 0 Å². The smallest absolute Gasteiger partial charge is 0.0714 e. The van der Waals surface area contributed by atoms with E-state index in [9.17, 15) is 0 Å². The molecule has 0 spiro atoms. The molecule has 1 heteroatoms. The van der Waals surface area contributed by atoms with Gasteiger partial charge in [-0.15, -0.1) is 0 Å². The molecule has 11 rings (SSSR count). The molecular formula is C58H47N. The van der Waals surface area contributed by atoms with Gasteiger partial charge in [-0.3, -0.25) is 0 Å². The van der Waals surface area contributed by atoms with Gasteiger partial charge in [0.1, 0.15) is 0 Å². The van der Waals surface area contributed by atoms with Crippen LogP contribution in [0, 0.1) is 0 Å². The molecule has 9 aromatic rings. The molecule has 0 aromatic heterocycles. The van der Waals surface area contributed by atoms with Crippen LogP contribution in [0.15, 0.2) is 194 Å². The van der Waals surface area contributed by atoms with Crippen molar-refractivity contribution in [1.82, 2.24) is 0 Å². The molecule has 0 amide bonds. The summed E-state index contributed by atoms with van der Waals surface area (Å²) in [5.74, 6) is 0. The van der Waals surface area contributed by atoms with Crippen LogP contribution >= 0.6 is 0 Å². The van der Waals surface area contributed by atoms with E-state index in [1.807, 2.05) is 0 Å². The van der Waals surface area contributed by atoms with Gasteiger partial charge in [-0.1, -0.05) is 192 Å². The highest BCUT2D eigenvalue weighted by atomic mass is 15.1. The predicted octanol–water partition coefficient (Wildman–Crippen LogP) is 15.4. The third-order valence-corrected chi connectivity index (χ3v) is 13.5. The molecule has 2 aliphatic carbocycles. The number of benzene rings is 9. The number of hydrogen-bond donors (Lipinski definition) is 0. The lowest BCUT2D eigenvalue weighted by Crippen LogP contribution is -2.28. The quantitative estimate of drug-likeness (QED) is 0.158. The Morgan fingerprint density at radius 1 is 0.373 bits per heavy atom. The summed E-state index contributed by atoms with van der Waals surface area (Å²) in [5.41, 5.74) is 17.4. The second kappa shape index (κ2) is 12.9. The molecule has 0 N–H and O–H groups in total. The molecular weight excluding hydrogens is 711 g/mol. The molecule has 0 unspecified atom stereocenters. The van der Waals surface area contributed by atoms with E-state index in [1.165, 1.54) is 82.7 Å². The highest BCUT2D eigenvalue weighted by molar-refractivity contribution is 6.09. The maximum Gasteiger partial charge on any atom is 0.0714 e. The maximum atomic E-state index is 2.48. The van der Waals surface area contributed by atoms with Gasteiger partial charge in [0.15, 0.2) is 0 Å². The van der Waals surface area contributed by atoms with Gasteiger partial charge in [-0.05, 0) is 125 Å². The van der Waals surface area contributed by atoms with E-state index in [4.69, 9.17) is 0 Å². The minimum absolute atomic E-state index is 0.0720. The van der Waals surface area contributed by atoms with Gasteiger partial charge in [0, 0.05) is 22.5 Å². The third kappa shape index (κ3) is 5.24. The number of nitrogens with zero attached hydrogens (tertiary/aromatic N) is 1. The van der Waals surface area contributed by atoms with Gasteiger partial charge < -0.3 is 4.90 Å². The topological polar surface area (TPSA) is 3.24 Å². The fourth-order valence-electron chi connectivity index (χ4n) is 10.5. The van der Waals surface area contributed by atoms with Crippen LogP contribution in [0.25, 0.3) is 43.8 Å². The Bertz CT molecular complexity index is 3080. The summed E-state index contributed by atoms with van der Waals surface area (Å²) in [4.78, 5) is 2.48. The van der Waals surface area contributed by atoms with Crippen molar-refractivity contribution in [3.05, 3.63) is 233 Å². The Morgan fingerprint density at radius 2 is 0.881 bits per heavy atom. The van der Waals surface area contributed by atoms with Crippen molar-refractivity contribution in [2.75, 3.05) is 4.90 Å². The van der Waals surface area contributed by atoms with E-state index in [0.29, 0.717) is 0 Å². The lowest BCUT2D eigenvalue weighted by atomic mass is 9.67. The third-order valence-electron chi connectivity index (χ3n) is 13.5. The van der Waals surface area contributed by atoms with Crippen molar-refractivity contribution in [3.8, 4) is 22.3 Å². The van der Waals surface area contributed by atoms with E-state index in [1.54, 1.807) is 0 Å². The van der Waals surface area contributed by atoms with Crippen molar-refractivity contribution in [2.24, 2.45) is 0 Å². The lowest BCUT2D eigenvalue weighted by molar-refractivity contribution is 0.591. The van der Waals surface area contributed by atoms with E-state index in [2.05, 4.69) is 234 Å². The van der Waals surface area contributed by atoms with Crippen molar-refractivity contribution in [3.63, 3.8) is 0 Å². The van der Waals surface area contributed by atoms with E-state index < -0.39 is 5.41 Å². The summed E-state index contributed by atoms with van der Waals surface area (Å²) in [6.07, 6.45) is 0. The van der Waals surface area contributed by atoms with Crippen LogP contribution in [-0.4, -0.2) is 0 Å². The number of fused-ring (bicyclic) bond motifs is 9. The molecule has 0 saturated carbocycles. The summed E-state index contributed by atoms with van der Waals surface area (Å²) in [6, 6.07) is 73.2. The van der Waals surface area contributed by atoms with E-state index >= 15 is 0 Å². The second-order valence-corrected chi connectivity index (χ2v) is 18.2. The first-order valence-electron chi connectivity index (χ1n) is 21.0. The highest BCUT2D eigenvalue weighted by Crippen LogP contribution is 2.57. The minimum atomic E-state index is -0.495. The zero-order valence-corrected chi connectivity index (χ0v) is 34.4. The summed E-state index contributed by atoms with van der Waals surface area (Å²) >= 11 is 0. The Hall–Kier alpha value is -6.70. The average Bonchev–Trinajstić information content (AvgIpc) is 3.69. The van der Waals surface area contributed by atoms with Gasteiger partial charge in [0.2, 0.25) is 0 Å². The first kappa shape index (κ1) is 35.5. The van der Waals surface area contributed by atoms with Crippen LogP contribution < -0.4 is 4.90 Å². The molecule has 0 aliphatic heterocycles.